The Hall–Kier alpha value is -4.06. The van der Waals surface area contributed by atoms with Gasteiger partial charge in [0.05, 0.1) is 29.7 Å². The summed E-state index contributed by atoms with van der Waals surface area (Å²) < 4.78 is 17.4. The number of phenolic OH excluding ortho intramolecular Hbond substituents is 1. The number of carbonyl (C=O) groups excluding carboxylic acids is 1. The number of ketones is 1. The van der Waals surface area contributed by atoms with E-state index in [4.69, 9.17) is 13.9 Å². The van der Waals surface area contributed by atoms with Crippen molar-refractivity contribution in [3.63, 3.8) is 0 Å². The summed E-state index contributed by atoms with van der Waals surface area (Å²) in [7, 11) is 0. The SMILES string of the molecule is CCCc1c(OCCCOc2ccc3c(=O)c(-c4ccccc4)coc3c2)ccc(C(C)=O)c1O. The van der Waals surface area contributed by atoms with Crippen LogP contribution in [-0.2, 0) is 6.42 Å². The van der Waals surface area contributed by atoms with Gasteiger partial charge in [0.15, 0.2) is 11.2 Å². The van der Waals surface area contributed by atoms with Gasteiger partial charge in [-0.3, -0.25) is 9.59 Å². The summed E-state index contributed by atoms with van der Waals surface area (Å²) in [6, 6.07) is 17.9. The lowest BCUT2D eigenvalue weighted by Gasteiger charge is -2.15. The molecular weight excluding hydrogens is 444 g/mol. The zero-order valence-electron chi connectivity index (χ0n) is 19.9. The number of hydrogen-bond acceptors (Lipinski definition) is 6. The van der Waals surface area contributed by atoms with E-state index in [1.807, 2.05) is 37.3 Å². The third-order valence-electron chi connectivity index (χ3n) is 5.76. The van der Waals surface area contributed by atoms with Gasteiger partial charge in [-0.05, 0) is 43.2 Å². The minimum atomic E-state index is -0.178. The molecule has 0 aliphatic rings. The lowest BCUT2D eigenvalue weighted by Crippen LogP contribution is -2.08. The molecule has 35 heavy (non-hydrogen) atoms. The van der Waals surface area contributed by atoms with Crippen molar-refractivity contribution < 1.29 is 23.8 Å². The van der Waals surface area contributed by atoms with Crippen LogP contribution in [-0.4, -0.2) is 24.1 Å². The second-order valence-corrected chi connectivity index (χ2v) is 8.30. The second-order valence-electron chi connectivity index (χ2n) is 8.30. The predicted molar refractivity (Wildman–Crippen MR) is 136 cm³/mol. The first kappa shape index (κ1) is 24.1. The van der Waals surface area contributed by atoms with E-state index in [1.165, 1.54) is 13.2 Å². The van der Waals surface area contributed by atoms with Crippen LogP contribution >= 0.6 is 0 Å². The Labute approximate surface area is 203 Å². The maximum atomic E-state index is 12.9. The number of fused-ring (bicyclic) bond motifs is 1. The van der Waals surface area contributed by atoms with Gasteiger partial charge < -0.3 is 19.0 Å². The third-order valence-corrected chi connectivity index (χ3v) is 5.76. The molecule has 4 aromatic rings. The number of benzene rings is 3. The van der Waals surface area contributed by atoms with Crippen LogP contribution in [0.3, 0.4) is 0 Å². The van der Waals surface area contributed by atoms with E-state index in [0.717, 1.165) is 12.0 Å². The summed E-state index contributed by atoms with van der Waals surface area (Å²) in [5, 5.41) is 11.0. The Kier molecular flexibility index (Phi) is 7.51. The van der Waals surface area contributed by atoms with Gasteiger partial charge in [-0.1, -0.05) is 43.7 Å². The predicted octanol–water partition coefficient (Wildman–Crippen LogP) is 6.17. The molecule has 6 nitrogen and oxygen atoms in total. The smallest absolute Gasteiger partial charge is 0.200 e. The Balaban J connectivity index is 1.37. The van der Waals surface area contributed by atoms with Crippen molar-refractivity contribution in [1.29, 1.82) is 0 Å². The maximum absolute atomic E-state index is 12.9. The van der Waals surface area contributed by atoms with Gasteiger partial charge >= 0.3 is 0 Å². The fourth-order valence-corrected chi connectivity index (χ4v) is 3.98. The zero-order chi connectivity index (χ0) is 24.8. The number of carbonyl (C=O) groups is 1. The molecule has 0 fully saturated rings. The molecule has 0 saturated heterocycles. The lowest BCUT2D eigenvalue weighted by atomic mass is 10.0. The maximum Gasteiger partial charge on any atom is 0.200 e. The zero-order valence-corrected chi connectivity index (χ0v) is 19.9. The molecule has 1 aromatic heterocycles. The van der Waals surface area contributed by atoms with E-state index in [-0.39, 0.29) is 17.0 Å². The van der Waals surface area contributed by atoms with Gasteiger partial charge in [-0.2, -0.15) is 0 Å². The molecule has 0 unspecified atom stereocenters. The van der Waals surface area contributed by atoms with Gasteiger partial charge in [-0.25, -0.2) is 0 Å². The summed E-state index contributed by atoms with van der Waals surface area (Å²) in [5.74, 6) is 1.00. The van der Waals surface area contributed by atoms with E-state index in [2.05, 4.69) is 0 Å². The topological polar surface area (TPSA) is 86.0 Å². The molecule has 0 amide bonds. The quantitative estimate of drug-likeness (QED) is 0.219. The molecular formula is C29H28O6. The summed E-state index contributed by atoms with van der Waals surface area (Å²) in [4.78, 5) is 24.6. The highest BCUT2D eigenvalue weighted by Crippen LogP contribution is 2.33. The minimum absolute atomic E-state index is 0.00109. The van der Waals surface area contributed by atoms with Crippen molar-refractivity contribution in [2.45, 2.75) is 33.1 Å². The normalized spacial score (nSPS) is 10.9. The number of Topliss-reactive ketones (excluding diaryl/α,β-unsaturated/α-hetero) is 1. The average molecular weight is 473 g/mol. The Bertz CT molecular complexity index is 1390. The van der Waals surface area contributed by atoms with Crippen molar-refractivity contribution in [1.82, 2.24) is 0 Å². The summed E-state index contributed by atoms with van der Waals surface area (Å²) >= 11 is 0. The van der Waals surface area contributed by atoms with Gasteiger partial charge in [0, 0.05) is 18.1 Å². The van der Waals surface area contributed by atoms with Crippen LogP contribution in [0.1, 0.15) is 42.6 Å². The highest BCUT2D eigenvalue weighted by Gasteiger charge is 2.16. The number of phenols is 1. The van der Waals surface area contributed by atoms with E-state index in [0.29, 0.717) is 65.2 Å². The van der Waals surface area contributed by atoms with Crippen molar-refractivity contribution in [3.8, 4) is 28.4 Å². The molecule has 1 heterocycles. The highest BCUT2D eigenvalue weighted by molar-refractivity contribution is 5.97. The molecule has 0 radical (unpaired) electrons. The summed E-state index contributed by atoms with van der Waals surface area (Å²) in [6.45, 7) is 4.23. The standard InChI is InChI=1S/C29H28O6/c1-3-8-23-26(14-13-22(19(2)30)28(23)31)34-16-7-15-33-21-11-12-24-27(17-21)35-18-25(29(24)32)20-9-5-4-6-10-20/h4-6,9-14,17-18,31H,3,7-8,15-16H2,1-2H3. The largest absolute Gasteiger partial charge is 0.507 e. The van der Waals surface area contributed by atoms with Gasteiger partial charge in [0.25, 0.3) is 0 Å². The number of rotatable bonds is 10. The first-order valence-electron chi connectivity index (χ1n) is 11.7. The third kappa shape index (κ3) is 5.38. The molecule has 1 N–H and O–H groups in total. The number of ether oxygens (including phenoxy) is 2. The van der Waals surface area contributed by atoms with E-state index >= 15 is 0 Å². The Morgan fingerprint density at radius 1 is 1.00 bits per heavy atom. The molecule has 0 aliphatic heterocycles. The van der Waals surface area contributed by atoms with Crippen molar-refractivity contribution in [2.75, 3.05) is 13.2 Å². The van der Waals surface area contributed by atoms with E-state index in [1.54, 1.807) is 30.3 Å². The fraction of sp³-hybridized carbons (Fsp3) is 0.241. The summed E-state index contributed by atoms with van der Waals surface area (Å²) in [5.41, 5.74) is 2.68. The van der Waals surface area contributed by atoms with Crippen LogP contribution in [0.15, 0.2) is 76.1 Å². The van der Waals surface area contributed by atoms with Crippen LogP contribution in [0.4, 0.5) is 0 Å². The van der Waals surface area contributed by atoms with Crippen LogP contribution in [0.25, 0.3) is 22.1 Å². The van der Waals surface area contributed by atoms with Gasteiger partial charge in [0.2, 0.25) is 0 Å². The number of hydrogen-bond donors (Lipinski definition) is 1. The van der Waals surface area contributed by atoms with E-state index in [9.17, 15) is 14.7 Å². The number of aromatic hydroxyl groups is 1. The summed E-state index contributed by atoms with van der Waals surface area (Å²) in [6.07, 6.45) is 3.53. The van der Waals surface area contributed by atoms with Gasteiger partial charge in [0.1, 0.15) is 29.1 Å². The lowest BCUT2D eigenvalue weighted by molar-refractivity contribution is 0.101. The van der Waals surface area contributed by atoms with Crippen LogP contribution in [0.5, 0.6) is 17.2 Å². The molecule has 0 spiro atoms. The van der Waals surface area contributed by atoms with Crippen molar-refractivity contribution in [2.24, 2.45) is 0 Å². The molecule has 180 valence electrons. The molecule has 4 rings (SSSR count). The molecule has 0 saturated carbocycles. The minimum Gasteiger partial charge on any atom is -0.507 e. The Morgan fingerprint density at radius 2 is 1.77 bits per heavy atom. The van der Waals surface area contributed by atoms with Crippen LogP contribution < -0.4 is 14.9 Å². The Morgan fingerprint density at radius 3 is 2.51 bits per heavy atom. The van der Waals surface area contributed by atoms with Crippen LogP contribution in [0.2, 0.25) is 0 Å². The molecule has 3 aromatic carbocycles. The van der Waals surface area contributed by atoms with Gasteiger partial charge in [-0.15, -0.1) is 0 Å². The molecule has 0 atom stereocenters. The first-order valence-corrected chi connectivity index (χ1v) is 11.7. The monoisotopic (exact) mass is 472 g/mol. The molecule has 0 aliphatic carbocycles. The second kappa shape index (κ2) is 10.9. The first-order chi connectivity index (χ1) is 17.0. The van der Waals surface area contributed by atoms with Crippen LogP contribution in [0, 0.1) is 0 Å². The fourth-order valence-electron chi connectivity index (χ4n) is 3.98. The van der Waals surface area contributed by atoms with E-state index < -0.39 is 0 Å². The van der Waals surface area contributed by atoms with Crippen molar-refractivity contribution >= 4 is 16.8 Å². The average Bonchev–Trinajstić information content (AvgIpc) is 2.86. The highest BCUT2D eigenvalue weighted by atomic mass is 16.5. The molecule has 0 bridgehead atoms. The van der Waals surface area contributed by atoms with Crippen molar-refractivity contribution in [3.05, 3.63) is 88.3 Å². The molecule has 6 heteroatoms.